The maximum absolute atomic E-state index is 14.1. The molecule has 2 aromatic carbocycles. The lowest BCUT2D eigenvalue weighted by atomic mass is 9.49. The lowest BCUT2D eigenvalue weighted by molar-refractivity contribution is -0.196. The second-order valence-electron chi connectivity index (χ2n) is 11.4. The molecule has 8 atom stereocenters. The molecule has 1 amide bonds. The number of nitrogens with two attached hydrogens (primary N) is 1. The number of para-hydroxylation sites is 1. The Kier molecular flexibility index (Phi) is 5.86. The Balaban J connectivity index is 1.52. The van der Waals surface area contributed by atoms with Crippen LogP contribution in [-0.4, -0.2) is 81.1 Å². The van der Waals surface area contributed by atoms with Crippen molar-refractivity contribution in [2.75, 3.05) is 14.1 Å². The number of benzene rings is 2. The number of aromatic hydroxyl groups is 1. The summed E-state index contributed by atoms with van der Waals surface area (Å²) in [7, 11) is 2.89. The van der Waals surface area contributed by atoms with Crippen molar-refractivity contribution in [2.45, 2.75) is 30.6 Å². The van der Waals surface area contributed by atoms with E-state index in [1.165, 1.54) is 19.0 Å². The van der Waals surface area contributed by atoms with Gasteiger partial charge in [-0.2, -0.15) is 0 Å². The van der Waals surface area contributed by atoms with Crippen LogP contribution in [-0.2, 0) is 19.2 Å². The predicted molar refractivity (Wildman–Crippen MR) is 143 cm³/mol. The lowest BCUT2D eigenvalue weighted by Gasteiger charge is -2.56. The number of carbonyl (C=O) groups is 5. The van der Waals surface area contributed by atoms with Crippen molar-refractivity contribution in [1.29, 1.82) is 0 Å². The van der Waals surface area contributed by atoms with Crippen LogP contribution in [0, 0.1) is 23.7 Å². The Labute approximate surface area is 233 Å². The number of rotatable bonds is 3. The zero-order valence-corrected chi connectivity index (χ0v) is 22.4. The van der Waals surface area contributed by atoms with E-state index in [4.69, 9.17) is 10.2 Å². The van der Waals surface area contributed by atoms with E-state index in [-0.39, 0.29) is 16.9 Å². The molecule has 0 aliphatic heterocycles. The monoisotopic (exact) mass is 560 g/mol. The molecule has 0 radical (unpaired) electrons. The van der Waals surface area contributed by atoms with E-state index in [0.29, 0.717) is 11.1 Å². The first-order valence-corrected chi connectivity index (χ1v) is 13.2. The third-order valence-corrected chi connectivity index (χ3v) is 9.18. The van der Waals surface area contributed by atoms with Crippen LogP contribution < -0.4 is 5.73 Å². The van der Waals surface area contributed by atoms with E-state index in [1.54, 1.807) is 37.3 Å². The fourth-order valence-electron chi connectivity index (χ4n) is 7.30. The molecule has 1 heterocycles. The average Bonchev–Trinajstić information content (AvgIpc) is 3.34. The molecular weight excluding hydrogens is 532 g/mol. The van der Waals surface area contributed by atoms with Gasteiger partial charge in [-0.05, 0) is 43.8 Å². The van der Waals surface area contributed by atoms with Gasteiger partial charge in [0.1, 0.15) is 17.1 Å². The number of phenolic OH excluding ortho intramolecular Hbond substituents is 1. The number of primary amides is 1. The van der Waals surface area contributed by atoms with E-state index in [1.807, 2.05) is 12.1 Å². The van der Waals surface area contributed by atoms with Crippen LogP contribution in [0.2, 0.25) is 0 Å². The number of likely N-dealkylation sites (N-methyl/N-ethyl adjacent to an activating group) is 1. The van der Waals surface area contributed by atoms with Crippen molar-refractivity contribution in [3.05, 3.63) is 53.6 Å². The molecule has 3 aromatic rings. The van der Waals surface area contributed by atoms with Gasteiger partial charge in [0.25, 0.3) is 0 Å². The van der Waals surface area contributed by atoms with Gasteiger partial charge in [0, 0.05) is 11.3 Å². The third kappa shape index (κ3) is 3.39. The number of hydrogen-bond donors (Lipinski definition) is 4. The molecule has 11 nitrogen and oxygen atoms in total. The van der Waals surface area contributed by atoms with Crippen molar-refractivity contribution in [3.63, 3.8) is 0 Å². The van der Waals surface area contributed by atoms with Gasteiger partial charge in [0.2, 0.25) is 5.91 Å². The zero-order chi connectivity index (χ0) is 29.7. The van der Waals surface area contributed by atoms with Crippen molar-refractivity contribution in [3.8, 4) is 17.1 Å². The number of phenols is 1. The number of nitrogens with zero attached hydrogens (tertiary/aromatic N) is 1. The van der Waals surface area contributed by atoms with E-state index in [2.05, 4.69) is 0 Å². The minimum absolute atomic E-state index is 0.186. The maximum atomic E-state index is 14.1. The Hall–Kier alpha value is -4.19. The Morgan fingerprint density at radius 3 is 2.37 bits per heavy atom. The van der Waals surface area contributed by atoms with E-state index >= 15 is 0 Å². The van der Waals surface area contributed by atoms with Gasteiger partial charge in [0.05, 0.1) is 35.1 Å². The number of aliphatic hydroxyl groups is 2. The fourth-order valence-corrected chi connectivity index (χ4v) is 7.30. The maximum Gasteiger partial charge on any atom is 0.235 e. The van der Waals surface area contributed by atoms with Crippen molar-refractivity contribution in [2.24, 2.45) is 29.4 Å². The highest BCUT2D eigenvalue weighted by Gasteiger charge is 2.72. The molecule has 3 aliphatic rings. The molecule has 1 aromatic heterocycles. The molecule has 5 N–H and O–H groups in total. The van der Waals surface area contributed by atoms with Gasteiger partial charge in [-0.1, -0.05) is 31.2 Å². The smallest absolute Gasteiger partial charge is 0.235 e. The summed E-state index contributed by atoms with van der Waals surface area (Å²) in [6.45, 7) is 1.66. The topological polar surface area (TPSA) is 188 Å². The van der Waals surface area contributed by atoms with Crippen LogP contribution in [0.25, 0.3) is 22.3 Å². The zero-order valence-electron chi connectivity index (χ0n) is 22.4. The molecule has 3 unspecified atom stereocenters. The van der Waals surface area contributed by atoms with Gasteiger partial charge < -0.3 is 25.5 Å². The molecule has 0 saturated heterocycles. The molecule has 6 rings (SSSR count). The summed E-state index contributed by atoms with van der Waals surface area (Å²) in [5, 5.41) is 35.5. The fraction of sp³-hybridized carbons (Fsp3) is 0.367. The second-order valence-corrected chi connectivity index (χ2v) is 11.4. The Bertz CT molecular complexity index is 1660. The van der Waals surface area contributed by atoms with Gasteiger partial charge in [-0.25, -0.2) is 0 Å². The molecule has 2 saturated carbocycles. The summed E-state index contributed by atoms with van der Waals surface area (Å²) in [4.78, 5) is 68.3. The number of carbonyl (C=O) groups excluding carboxylic acids is 5. The summed E-state index contributed by atoms with van der Waals surface area (Å²) in [5.41, 5.74) is 3.23. The quantitative estimate of drug-likeness (QED) is 0.334. The third-order valence-electron chi connectivity index (χ3n) is 9.18. The van der Waals surface area contributed by atoms with Crippen molar-refractivity contribution < 1.29 is 43.7 Å². The first kappa shape index (κ1) is 27.0. The molecule has 0 spiro atoms. The van der Waals surface area contributed by atoms with Crippen LogP contribution in [0.1, 0.15) is 28.8 Å². The number of ketones is 4. The van der Waals surface area contributed by atoms with E-state index in [9.17, 15) is 39.3 Å². The van der Waals surface area contributed by atoms with Crippen molar-refractivity contribution >= 4 is 40.0 Å². The van der Waals surface area contributed by atoms with Crippen LogP contribution >= 0.6 is 0 Å². The predicted octanol–water partition coefficient (Wildman–Crippen LogP) is 0.812. The summed E-state index contributed by atoms with van der Waals surface area (Å²) >= 11 is 0. The number of amides is 1. The number of Topliss-reactive ketones (excluding diaryl/α,β-unsaturated/α-hetero) is 4. The molecule has 11 heteroatoms. The molecule has 41 heavy (non-hydrogen) atoms. The highest BCUT2D eigenvalue weighted by atomic mass is 16.3. The number of fused-ring (bicyclic) bond motifs is 4. The van der Waals surface area contributed by atoms with Crippen molar-refractivity contribution in [1.82, 2.24) is 4.90 Å². The van der Waals surface area contributed by atoms with Gasteiger partial charge in [0.15, 0.2) is 34.7 Å². The van der Waals surface area contributed by atoms with Crippen LogP contribution in [0.15, 0.2) is 46.9 Å². The molecule has 3 aliphatic carbocycles. The van der Waals surface area contributed by atoms with Gasteiger partial charge in [-0.3, -0.25) is 28.9 Å². The SMILES string of the molecule is C[C@H]1c2ccc(-c3cc4ccccc4o3)c(O)c2C(=O)C2C(=O)[C@]3(O)C(=O)C(C(N)=O)C(=O)[C@@H](N(C)C)[C@@H]3C(O)[C@@H]21. The summed E-state index contributed by atoms with van der Waals surface area (Å²) in [6, 6.07) is 10.6. The normalized spacial score (nSPS) is 33.1. The molecule has 0 bridgehead atoms. The largest absolute Gasteiger partial charge is 0.506 e. The number of hydrogen-bond acceptors (Lipinski definition) is 10. The average molecular weight is 561 g/mol. The van der Waals surface area contributed by atoms with E-state index < -0.39 is 82.1 Å². The highest BCUT2D eigenvalue weighted by molar-refractivity contribution is 6.32. The number of aliphatic hydroxyl groups excluding tert-OH is 1. The summed E-state index contributed by atoms with van der Waals surface area (Å²) < 4.78 is 5.87. The first-order chi connectivity index (χ1) is 19.3. The van der Waals surface area contributed by atoms with Gasteiger partial charge in [-0.15, -0.1) is 0 Å². The number of furan rings is 1. The van der Waals surface area contributed by atoms with Gasteiger partial charge >= 0.3 is 0 Å². The Morgan fingerprint density at radius 1 is 1.05 bits per heavy atom. The Morgan fingerprint density at radius 2 is 1.73 bits per heavy atom. The summed E-state index contributed by atoms with van der Waals surface area (Å²) in [5.74, 6) is -13.4. The minimum atomic E-state index is -3.04. The highest BCUT2D eigenvalue weighted by Crippen LogP contribution is 2.55. The molecular formula is C30H28N2O9. The standard InChI is InChI=1S/C30H28N2O9/c1-11-13-8-9-14(16-10-12-6-4-5-7-15(12)41-16)23(33)18(13)24(34)19-17(11)25(35)21-22(32(2)3)26(36)20(29(31)39)28(38)30(21,40)27(19)37/h4-11,17,19-22,25,33,35,40H,1-3H3,(H2,31,39)/t11-,17+,19?,20?,21+,22-,25?,30-/m0/s1. The molecule has 2 fully saturated rings. The van der Waals surface area contributed by atoms with Crippen LogP contribution in [0.3, 0.4) is 0 Å². The minimum Gasteiger partial charge on any atom is -0.506 e. The van der Waals surface area contributed by atoms with Crippen LogP contribution in [0.4, 0.5) is 0 Å². The molecule has 212 valence electrons. The van der Waals surface area contributed by atoms with E-state index in [0.717, 1.165) is 5.39 Å². The van der Waals surface area contributed by atoms with Crippen LogP contribution in [0.5, 0.6) is 5.75 Å². The second kappa shape index (κ2) is 8.90. The lowest BCUT2D eigenvalue weighted by Crippen LogP contribution is -2.77. The summed E-state index contributed by atoms with van der Waals surface area (Å²) in [6.07, 6.45) is -1.68. The first-order valence-electron chi connectivity index (χ1n) is 13.2.